The fourth-order valence-electron chi connectivity index (χ4n) is 2.00. The van der Waals surface area contributed by atoms with Crippen LogP contribution in [-0.2, 0) is 24.7 Å². The highest BCUT2D eigenvalue weighted by atomic mass is 32.2. The van der Waals surface area contributed by atoms with Crippen LogP contribution in [-0.4, -0.2) is 62.1 Å². The van der Waals surface area contributed by atoms with Crippen LogP contribution in [0.4, 0.5) is 0 Å². The Labute approximate surface area is 113 Å². The molecule has 1 heterocycles. The van der Waals surface area contributed by atoms with Crippen LogP contribution in [0.3, 0.4) is 0 Å². The summed E-state index contributed by atoms with van der Waals surface area (Å²) in [4.78, 5) is 10.8. The van der Waals surface area contributed by atoms with Crippen molar-refractivity contribution in [2.24, 2.45) is 5.92 Å². The van der Waals surface area contributed by atoms with Crippen LogP contribution in [0.5, 0.6) is 0 Å². The highest BCUT2D eigenvalue weighted by Crippen LogP contribution is 2.22. The summed E-state index contributed by atoms with van der Waals surface area (Å²) >= 11 is 0. The van der Waals surface area contributed by atoms with Crippen LogP contribution in [0.2, 0.25) is 0 Å². The van der Waals surface area contributed by atoms with E-state index in [0.29, 0.717) is 0 Å². The summed E-state index contributed by atoms with van der Waals surface area (Å²) in [5.74, 6) is -2.39. The lowest BCUT2D eigenvalue weighted by atomic mass is 10.2. The van der Waals surface area contributed by atoms with E-state index in [0.717, 1.165) is 4.31 Å². The van der Waals surface area contributed by atoms with Crippen LogP contribution in [0.1, 0.15) is 20.3 Å². The molecule has 0 aromatic carbocycles. The van der Waals surface area contributed by atoms with Crippen LogP contribution >= 0.6 is 0 Å². The number of sulfonamides is 1. The zero-order chi connectivity index (χ0) is 14.8. The van der Waals surface area contributed by atoms with Gasteiger partial charge in [-0.1, -0.05) is 13.8 Å². The number of hydrogen-bond donors (Lipinski definition) is 1. The summed E-state index contributed by atoms with van der Waals surface area (Å²) in [5.41, 5.74) is 0. The average Bonchev–Trinajstić information content (AvgIpc) is 2.66. The smallest absolute Gasteiger partial charge is 0.307 e. The molecule has 0 aromatic rings. The Bertz CT molecular complexity index is 538. The van der Waals surface area contributed by atoms with Crippen molar-refractivity contribution in [1.29, 1.82) is 0 Å². The monoisotopic (exact) mass is 313 g/mol. The van der Waals surface area contributed by atoms with Crippen molar-refractivity contribution in [3.8, 4) is 0 Å². The minimum Gasteiger partial charge on any atom is -0.481 e. The number of carbonyl (C=O) groups is 1. The number of hydrogen-bond acceptors (Lipinski definition) is 5. The molecule has 0 aliphatic carbocycles. The maximum atomic E-state index is 12.3. The van der Waals surface area contributed by atoms with Gasteiger partial charge in [0.05, 0.1) is 22.7 Å². The first-order valence-electron chi connectivity index (χ1n) is 6.02. The Hall–Kier alpha value is -0.670. The molecule has 1 rings (SSSR count). The Balaban J connectivity index is 2.88. The number of aliphatic carboxylic acids is 1. The van der Waals surface area contributed by atoms with Crippen LogP contribution < -0.4 is 0 Å². The van der Waals surface area contributed by atoms with Crippen molar-refractivity contribution in [2.75, 3.05) is 24.6 Å². The van der Waals surface area contributed by atoms with Gasteiger partial charge in [-0.25, -0.2) is 21.1 Å². The van der Waals surface area contributed by atoms with Gasteiger partial charge in [0.15, 0.2) is 9.84 Å². The second-order valence-electron chi connectivity index (χ2n) is 4.76. The summed E-state index contributed by atoms with van der Waals surface area (Å²) in [5, 5.41) is 7.88. The Kier molecular flexibility index (Phi) is 4.97. The van der Waals surface area contributed by atoms with E-state index in [2.05, 4.69) is 0 Å². The summed E-state index contributed by atoms with van der Waals surface area (Å²) < 4.78 is 48.3. The standard InChI is InChI=1S/C10H19NO6S2/c1-3-11(6-8(2)10(12)13)19(16,17)9-4-5-18(14,15)7-9/h8-9H,3-7H2,1-2H3,(H,12,13). The number of nitrogens with zero attached hydrogens (tertiary/aromatic N) is 1. The third-order valence-corrected chi connectivity index (χ3v) is 7.57. The van der Waals surface area contributed by atoms with Gasteiger partial charge in [-0.2, -0.15) is 0 Å². The van der Waals surface area contributed by atoms with Gasteiger partial charge < -0.3 is 5.11 Å². The molecule has 0 spiro atoms. The lowest BCUT2D eigenvalue weighted by Crippen LogP contribution is -2.42. The third-order valence-electron chi connectivity index (χ3n) is 3.22. The molecule has 9 heteroatoms. The molecule has 2 unspecified atom stereocenters. The van der Waals surface area contributed by atoms with Gasteiger partial charge >= 0.3 is 5.97 Å². The number of rotatable bonds is 6. The van der Waals surface area contributed by atoms with Crippen molar-refractivity contribution < 1.29 is 26.7 Å². The molecular weight excluding hydrogens is 294 g/mol. The third kappa shape index (κ3) is 3.90. The maximum Gasteiger partial charge on any atom is 0.307 e. The van der Waals surface area contributed by atoms with Crippen molar-refractivity contribution in [3.05, 3.63) is 0 Å². The van der Waals surface area contributed by atoms with Crippen molar-refractivity contribution in [1.82, 2.24) is 4.31 Å². The van der Waals surface area contributed by atoms with Gasteiger partial charge in [-0.15, -0.1) is 0 Å². The van der Waals surface area contributed by atoms with E-state index in [9.17, 15) is 21.6 Å². The average molecular weight is 313 g/mol. The van der Waals surface area contributed by atoms with Crippen molar-refractivity contribution in [2.45, 2.75) is 25.5 Å². The summed E-state index contributed by atoms with van der Waals surface area (Å²) in [7, 11) is -7.05. The molecule has 1 aliphatic rings. The number of carboxylic acid groups (broad SMARTS) is 1. The van der Waals surface area contributed by atoms with E-state index in [1.165, 1.54) is 6.92 Å². The Morgan fingerprint density at radius 3 is 2.42 bits per heavy atom. The maximum absolute atomic E-state index is 12.3. The van der Waals surface area contributed by atoms with Gasteiger partial charge in [0, 0.05) is 13.1 Å². The molecule has 7 nitrogen and oxygen atoms in total. The lowest BCUT2D eigenvalue weighted by Gasteiger charge is -2.25. The first kappa shape index (κ1) is 16.4. The zero-order valence-corrected chi connectivity index (χ0v) is 12.6. The molecule has 1 saturated heterocycles. The molecule has 112 valence electrons. The van der Waals surface area contributed by atoms with Crippen LogP contribution in [0, 0.1) is 5.92 Å². The molecule has 0 amide bonds. The highest BCUT2D eigenvalue weighted by molar-refractivity contribution is 7.95. The Morgan fingerprint density at radius 2 is 2.05 bits per heavy atom. The molecule has 1 N–H and O–H groups in total. The zero-order valence-electron chi connectivity index (χ0n) is 10.9. The predicted molar refractivity (Wildman–Crippen MR) is 70.0 cm³/mol. The van der Waals surface area contributed by atoms with Gasteiger partial charge in [0.1, 0.15) is 0 Å². The molecule has 0 bridgehead atoms. The van der Waals surface area contributed by atoms with Crippen molar-refractivity contribution in [3.63, 3.8) is 0 Å². The molecule has 0 aromatic heterocycles. The van der Waals surface area contributed by atoms with Gasteiger partial charge in [0.25, 0.3) is 0 Å². The number of carboxylic acids is 1. The predicted octanol–water partition coefficient (Wildman–Crippen LogP) is -0.454. The molecule has 1 aliphatic heterocycles. The van der Waals surface area contributed by atoms with Gasteiger partial charge in [-0.05, 0) is 6.42 Å². The van der Waals surface area contributed by atoms with Crippen LogP contribution in [0.25, 0.3) is 0 Å². The van der Waals surface area contributed by atoms with E-state index >= 15 is 0 Å². The second kappa shape index (κ2) is 5.76. The van der Waals surface area contributed by atoms with E-state index in [-0.39, 0.29) is 31.0 Å². The fraction of sp³-hybridized carbons (Fsp3) is 0.900. The van der Waals surface area contributed by atoms with E-state index in [1.807, 2.05) is 0 Å². The van der Waals surface area contributed by atoms with E-state index in [4.69, 9.17) is 5.11 Å². The largest absolute Gasteiger partial charge is 0.481 e. The normalized spacial score (nSPS) is 24.5. The minimum absolute atomic E-state index is 0.0859. The molecule has 2 atom stereocenters. The molecule has 0 saturated carbocycles. The SMILES string of the molecule is CCN(CC(C)C(=O)O)S(=O)(=O)C1CCS(=O)(=O)C1. The van der Waals surface area contributed by atoms with Crippen molar-refractivity contribution >= 4 is 25.8 Å². The molecular formula is C10H19NO6S2. The lowest BCUT2D eigenvalue weighted by molar-refractivity contribution is -0.141. The number of sulfone groups is 1. The van der Waals surface area contributed by atoms with E-state index in [1.54, 1.807) is 6.92 Å². The van der Waals surface area contributed by atoms with Gasteiger partial charge in [-0.3, -0.25) is 4.79 Å². The fourth-order valence-corrected chi connectivity index (χ4v) is 6.63. The Morgan fingerprint density at radius 1 is 1.47 bits per heavy atom. The minimum atomic E-state index is -3.76. The molecule has 0 radical (unpaired) electrons. The summed E-state index contributed by atoms with van der Waals surface area (Å²) in [6.07, 6.45) is 0.0859. The summed E-state index contributed by atoms with van der Waals surface area (Å²) in [6.45, 7) is 3.03. The first-order chi connectivity index (χ1) is 8.60. The first-order valence-corrected chi connectivity index (χ1v) is 9.34. The highest BCUT2D eigenvalue weighted by Gasteiger charge is 2.40. The summed E-state index contributed by atoms with van der Waals surface area (Å²) in [6, 6.07) is 0. The van der Waals surface area contributed by atoms with E-state index < -0.39 is 37.0 Å². The molecule has 1 fully saturated rings. The van der Waals surface area contributed by atoms with Gasteiger partial charge in [0.2, 0.25) is 10.0 Å². The second-order valence-corrected chi connectivity index (χ2v) is 9.20. The quantitative estimate of drug-likeness (QED) is 0.711. The van der Waals surface area contributed by atoms with Crippen LogP contribution in [0.15, 0.2) is 0 Å². The topological polar surface area (TPSA) is 109 Å². The molecule has 19 heavy (non-hydrogen) atoms.